The first-order chi connectivity index (χ1) is 21.7. The van der Waals surface area contributed by atoms with Gasteiger partial charge in [-0.15, -0.1) is 0 Å². The van der Waals surface area contributed by atoms with Crippen molar-refractivity contribution in [2.24, 2.45) is 0 Å². The molecule has 246 valence electrons. The molecule has 5 N–H and O–H groups in total. The minimum atomic E-state index is -1.35. The summed E-state index contributed by atoms with van der Waals surface area (Å²) in [4.78, 5) is 78.8. The first-order valence-electron chi connectivity index (χ1n) is 15.7. The molecule has 0 saturated carbocycles. The molecule has 0 spiro atoms. The van der Waals surface area contributed by atoms with Crippen LogP contribution in [0.5, 0.6) is 5.75 Å². The minimum absolute atomic E-state index is 0.00441. The van der Waals surface area contributed by atoms with Crippen molar-refractivity contribution in [3.8, 4) is 5.75 Å². The van der Waals surface area contributed by atoms with Crippen molar-refractivity contribution >= 4 is 35.5 Å². The predicted octanol–water partition coefficient (Wildman–Crippen LogP) is 0.245. The molecule has 3 aliphatic heterocycles. The number of rotatable bonds is 9. The maximum Gasteiger partial charge on any atom is 0.326 e. The molecule has 4 rings (SSSR count). The molecule has 3 fully saturated rings. The highest BCUT2D eigenvalue weighted by atomic mass is 16.5. The van der Waals surface area contributed by atoms with Gasteiger partial charge in [-0.05, 0) is 63.5 Å². The highest BCUT2D eigenvalue weighted by Gasteiger charge is 2.44. The quantitative estimate of drug-likeness (QED) is 0.238. The fourth-order valence-electron chi connectivity index (χ4n) is 5.77. The van der Waals surface area contributed by atoms with Gasteiger partial charge in [-0.25, -0.2) is 4.79 Å². The summed E-state index contributed by atoms with van der Waals surface area (Å²) in [5.74, 6) is -2.85. The molecule has 5 amide bonds. The van der Waals surface area contributed by atoms with E-state index >= 15 is 0 Å². The minimum Gasteiger partial charge on any atom is -0.494 e. The van der Waals surface area contributed by atoms with Gasteiger partial charge in [-0.2, -0.15) is 0 Å². The Morgan fingerprint density at radius 2 is 1.82 bits per heavy atom. The van der Waals surface area contributed by atoms with Gasteiger partial charge in [0, 0.05) is 38.6 Å². The zero-order chi connectivity index (χ0) is 32.2. The first kappa shape index (κ1) is 33.7. The fourth-order valence-corrected chi connectivity index (χ4v) is 5.77. The highest BCUT2D eigenvalue weighted by Crippen LogP contribution is 2.23. The number of carbonyl (C=O) groups is 6. The van der Waals surface area contributed by atoms with Crippen LogP contribution in [0.1, 0.15) is 64.2 Å². The molecule has 45 heavy (non-hydrogen) atoms. The summed E-state index contributed by atoms with van der Waals surface area (Å²) in [6.45, 7) is 1.11. The standard InChI is InChI=1S/C31H43N5O9/c37-26-14-13-23(31(42)43)35-28(39)24-18-20(33-29(40)25-11-6-17-45-25)19-36(24)30(41)22(10-4-5-15-32-26)34-27(38)12-7-16-44-21-8-2-1-3-9-21/h1-3,8-9,20,22-25H,4-7,10-19H2,(H,32,37)(H,33,40)(H,34,38)(H,35,39)(H,42,43)/t20-,22+,23+,24+,25-/m1/s1. The molecule has 1 aromatic rings. The fraction of sp³-hybridized carbons (Fsp3) is 0.613. The number of benzene rings is 1. The molecule has 14 heteroatoms. The van der Waals surface area contributed by atoms with E-state index in [0.29, 0.717) is 51.2 Å². The third-order valence-electron chi connectivity index (χ3n) is 8.17. The lowest BCUT2D eigenvalue weighted by molar-refractivity contribution is -0.145. The van der Waals surface area contributed by atoms with Gasteiger partial charge in [0.05, 0.1) is 6.61 Å². The van der Waals surface area contributed by atoms with E-state index in [1.54, 1.807) is 0 Å². The summed E-state index contributed by atoms with van der Waals surface area (Å²) < 4.78 is 11.1. The van der Waals surface area contributed by atoms with E-state index in [1.165, 1.54) is 4.90 Å². The third-order valence-corrected chi connectivity index (χ3v) is 8.17. The van der Waals surface area contributed by atoms with Gasteiger partial charge in [-0.3, -0.25) is 24.0 Å². The highest BCUT2D eigenvalue weighted by molar-refractivity contribution is 5.94. The van der Waals surface area contributed by atoms with Crippen LogP contribution in [0.4, 0.5) is 0 Å². The van der Waals surface area contributed by atoms with Crippen LogP contribution in [-0.2, 0) is 33.5 Å². The molecule has 0 radical (unpaired) electrons. The summed E-state index contributed by atoms with van der Waals surface area (Å²) in [7, 11) is 0. The van der Waals surface area contributed by atoms with Crippen molar-refractivity contribution in [1.82, 2.24) is 26.2 Å². The lowest BCUT2D eigenvalue weighted by Crippen LogP contribution is -2.55. The molecule has 1 aromatic carbocycles. The molecule has 0 unspecified atom stereocenters. The van der Waals surface area contributed by atoms with Gasteiger partial charge >= 0.3 is 5.97 Å². The van der Waals surface area contributed by atoms with Crippen LogP contribution in [0.2, 0.25) is 0 Å². The number of amides is 5. The van der Waals surface area contributed by atoms with E-state index in [2.05, 4.69) is 21.3 Å². The molecular formula is C31H43N5O9. The SMILES string of the molecule is O=C1CC[C@@H](C(=O)O)NC(=O)[C@@H]2C[C@@H](NC(=O)[C@H]3CCCO3)CN2C(=O)[C@@H](NC(=O)CCCOc2ccccc2)CCCCN1. The molecule has 0 aliphatic carbocycles. The smallest absolute Gasteiger partial charge is 0.326 e. The topological polar surface area (TPSA) is 192 Å². The second kappa shape index (κ2) is 16.8. The Balaban J connectivity index is 1.47. The lowest BCUT2D eigenvalue weighted by atomic mass is 10.1. The van der Waals surface area contributed by atoms with E-state index in [1.807, 2.05) is 30.3 Å². The molecular weight excluding hydrogens is 586 g/mol. The van der Waals surface area contributed by atoms with Crippen molar-refractivity contribution in [2.45, 2.75) is 94.5 Å². The number of ether oxygens (including phenoxy) is 2. The van der Waals surface area contributed by atoms with Gasteiger partial charge < -0.3 is 40.7 Å². The number of hydrogen-bond acceptors (Lipinski definition) is 8. The molecule has 14 nitrogen and oxygen atoms in total. The maximum absolute atomic E-state index is 14.0. The summed E-state index contributed by atoms with van der Waals surface area (Å²) in [5, 5.41) is 20.6. The molecule has 3 aliphatic rings. The zero-order valence-electron chi connectivity index (χ0n) is 25.3. The van der Waals surface area contributed by atoms with Gasteiger partial charge in [-0.1, -0.05) is 18.2 Å². The Kier molecular flexibility index (Phi) is 12.5. The Bertz CT molecular complexity index is 1210. The van der Waals surface area contributed by atoms with Crippen LogP contribution < -0.4 is 26.0 Å². The monoisotopic (exact) mass is 629 g/mol. The van der Waals surface area contributed by atoms with Gasteiger partial charge in [0.25, 0.3) is 0 Å². The summed E-state index contributed by atoms with van der Waals surface area (Å²) >= 11 is 0. The van der Waals surface area contributed by atoms with Crippen molar-refractivity contribution in [2.75, 3.05) is 26.3 Å². The largest absolute Gasteiger partial charge is 0.494 e. The van der Waals surface area contributed by atoms with Crippen molar-refractivity contribution in [3.05, 3.63) is 30.3 Å². The van der Waals surface area contributed by atoms with E-state index in [9.17, 15) is 33.9 Å². The number of hydrogen-bond donors (Lipinski definition) is 5. The van der Waals surface area contributed by atoms with Crippen molar-refractivity contribution < 1.29 is 43.3 Å². The van der Waals surface area contributed by atoms with Crippen LogP contribution in [0.25, 0.3) is 0 Å². The second-order valence-electron chi connectivity index (χ2n) is 11.6. The number of carboxylic acid groups (broad SMARTS) is 1. The normalized spacial score (nSPS) is 26.4. The van der Waals surface area contributed by atoms with Gasteiger partial charge in [0.2, 0.25) is 29.5 Å². The second-order valence-corrected chi connectivity index (χ2v) is 11.6. The Labute approximate surface area is 261 Å². The molecule has 3 heterocycles. The predicted molar refractivity (Wildman–Crippen MR) is 160 cm³/mol. The van der Waals surface area contributed by atoms with Crippen LogP contribution in [0, 0.1) is 0 Å². The average molecular weight is 630 g/mol. The molecule has 0 bridgehead atoms. The van der Waals surface area contributed by atoms with Crippen molar-refractivity contribution in [1.29, 1.82) is 0 Å². The Hall–Kier alpha value is -4.20. The molecule has 5 atom stereocenters. The van der Waals surface area contributed by atoms with E-state index < -0.39 is 48.1 Å². The number of carbonyl (C=O) groups excluding carboxylic acids is 5. The van der Waals surface area contributed by atoms with Gasteiger partial charge in [0.1, 0.15) is 30.0 Å². The van der Waals surface area contributed by atoms with E-state index in [0.717, 1.165) is 6.42 Å². The molecule has 3 saturated heterocycles. The summed E-state index contributed by atoms with van der Waals surface area (Å²) in [6, 6.07) is 5.21. The number of para-hydroxylation sites is 1. The lowest BCUT2D eigenvalue weighted by Gasteiger charge is -2.29. The van der Waals surface area contributed by atoms with Crippen LogP contribution in [0.15, 0.2) is 30.3 Å². The van der Waals surface area contributed by atoms with Crippen LogP contribution in [0.3, 0.4) is 0 Å². The number of nitrogens with one attached hydrogen (secondary N) is 4. The summed E-state index contributed by atoms with van der Waals surface area (Å²) in [6.07, 6.45) is 2.36. The van der Waals surface area contributed by atoms with Gasteiger partial charge in [0.15, 0.2) is 0 Å². The first-order valence-corrected chi connectivity index (χ1v) is 15.7. The van der Waals surface area contributed by atoms with Crippen LogP contribution in [-0.4, -0.2) is 102 Å². The number of fused-ring (bicyclic) bond motifs is 1. The van der Waals surface area contributed by atoms with E-state index in [4.69, 9.17) is 9.47 Å². The Morgan fingerprint density at radius 1 is 1.02 bits per heavy atom. The van der Waals surface area contributed by atoms with Crippen molar-refractivity contribution in [3.63, 3.8) is 0 Å². The maximum atomic E-state index is 14.0. The average Bonchev–Trinajstić information content (AvgIpc) is 3.71. The zero-order valence-corrected chi connectivity index (χ0v) is 25.3. The number of aliphatic carboxylic acids is 1. The third kappa shape index (κ3) is 10.2. The Morgan fingerprint density at radius 3 is 2.56 bits per heavy atom. The van der Waals surface area contributed by atoms with E-state index in [-0.39, 0.29) is 56.4 Å². The van der Waals surface area contributed by atoms with Crippen LogP contribution >= 0.6 is 0 Å². The summed E-state index contributed by atoms with van der Waals surface area (Å²) in [5.41, 5.74) is 0. The number of nitrogens with zero attached hydrogens (tertiary/aromatic N) is 1. The molecule has 0 aromatic heterocycles. The number of carboxylic acids is 1.